The lowest BCUT2D eigenvalue weighted by Crippen LogP contribution is -2.29. The molecule has 9 nitrogen and oxygen atoms in total. The molecule has 12 heteroatoms. The monoisotopic (exact) mass is 659 g/mol. The smallest absolute Gasteiger partial charge is 0.301 e. The zero-order chi connectivity index (χ0) is 32.4. The van der Waals surface area contributed by atoms with Gasteiger partial charge in [0.05, 0.1) is 18.2 Å². The van der Waals surface area contributed by atoms with Crippen molar-refractivity contribution in [2.24, 2.45) is 0 Å². The number of aromatic nitrogens is 2. The molecule has 2 aliphatic rings. The van der Waals surface area contributed by atoms with Crippen molar-refractivity contribution in [2.45, 2.75) is 42.5 Å². The van der Waals surface area contributed by atoms with Gasteiger partial charge in [0, 0.05) is 17.7 Å². The van der Waals surface area contributed by atoms with Gasteiger partial charge in [0.2, 0.25) is 5.13 Å². The predicted molar refractivity (Wildman–Crippen MR) is 174 cm³/mol. The van der Waals surface area contributed by atoms with E-state index in [4.69, 9.17) is 14.2 Å². The number of Topliss-reactive ketones (excluding diaryl/α,β-unsaturated/α-hetero) is 1. The number of hydrogen-bond acceptors (Lipinski definition) is 10. The third kappa shape index (κ3) is 6.10. The van der Waals surface area contributed by atoms with Crippen LogP contribution in [0.25, 0.3) is 5.76 Å². The average Bonchev–Trinajstić information content (AvgIpc) is 3.74. The summed E-state index contributed by atoms with van der Waals surface area (Å²) in [5, 5.41) is 20.3. The molecular weight excluding hydrogens is 630 g/mol. The highest BCUT2D eigenvalue weighted by Crippen LogP contribution is 2.46. The molecule has 0 bridgehead atoms. The van der Waals surface area contributed by atoms with Gasteiger partial charge in [-0.25, -0.2) is 4.39 Å². The summed E-state index contributed by atoms with van der Waals surface area (Å²) in [6.07, 6.45) is 2.24. The first-order valence-electron chi connectivity index (χ1n) is 14.6. The molecule has 1 N–H and O–H groups in total. The van der Waals surface area contributed by atoms with Gasteiger partial charge in [-0.15, -0.1) is 10.2 Å². The molecule has 236 valence electrons. The number of nitrogens with zero attached hydrogens (tertiary/aromatic N) is 3. The van der Waals surface area contributed by atoms with Crippen LogP contribution in [0.2, 0.25) is 0 Å². The number of aliphatic hydroxyl groups is 1. The first kappa shape index (κ1) is 31.3. The Morgan fingerprint density at radius 1 is 1.15 bits per heavy atom. The van der Waals surface area contributed by atoms with Crippen LogP contribution in [0.3, 0.4) is 0 Å². The van der Waals surface area contributed by atoms with Crippen LogP contribution >= 0.6 is 23.1 Å². The highest BCUT2D eigenvalue weighted by atomic mass is 32.2. The molecular formula is C34H30FN3O6S2. The van der Waals surface area contributed by atoms with Crippen molar-refractivity contribution in [2.75, 3.05) is 18.1 Å². The van der Waals surface area contributed by atoms with Crippen LogP contribution in [-0.4, -0.2) is 46.3 Å². The maximum atomic E-state index is 14.2. The van der Waals surface area contributed by atoms with Crippen LogP contribution in [0.4, 0.5) is 9.52 Å². The van der Waals surface area contributed by atoms with Gasteiger partial charge in [-0.3, -0.25) is 14.5 Å². The minimum absolute atomic E-state index is 0.0142. The van der Waals surface area contributed by atoms with Gasteiger partial charge in [-0.1, -0.05) is 60.0 Å². The van der Waals surface area contributed by atoms with Crippen molar-refractivity contribution >= 4 is 45.7 Å². The normalized spacial score (nSPS) is 18.4. The quantitative estimate of drug-likeness (QED) is 0.0460. The lowest BCUT2D eigenvalue weighted by atomic mass is 9.94. The summed E-state index contributed by atoms with van der Waals surface area (Å²) in [6, 6.07) is 15.7. The van der Waals surface area contributed by atoms with Crippen molar-refractivity contribution in [1.82, 2.24) is 10.2 Å². The average molecular weight is 660 g/mol. The summed E-state index contributed by atoms with van der Waals surface area (Å²) in [5.41, 5.74) is 2.17. The van der Waals surface area contributed by atoms with E-state index in [-0.39, 0.29) is 35.0 Å². The van der Waals surface area contributed by atoms with Crippen molar-refractivity contribution in [3.05, 3.63) is 107 Å². The summed E-state index contributed by atoms with van der Waals surface area (Å²) in [4.78, 5) is 28.7. The van der Waals surface area contributed by atoms with E-state index in [9.17, 15) is 19.1 Å². The van der Waals surface area contributed by atoms with Crippen molar-refractivity contribution in [3.8, 4) is 17.2 Å². The fourth-order valence-corrected chi connectivity index (χ4v) is 7.27. The fraction of sp³-hybridized carbons (Fsp3) is 0.235. The van der Waals surface area contributed by atoms with Crippen molar-refractivity contribution in [3.63, 3.8) is 0 Å². The van der Waals surface area contributed by atoms with E-state index in [1.807, 2.05) is 13.8 Å². The largest absolute Gasteiger partial charge is 0.507 e. The first-order chi connectivity index (χ1) is 22.3. The third-order valence-corrected chi connectivity index (χ3v) is 9.57. The van der Waals surface area contributed by atoms with E-state index in [1.54, 1.807) is 60.7 Å². The molecule has 3 aromatic carbocycles. The van der Waals surface area contributed by atoms with E-state index >= 15 is 0 Å². The molecule has 1 fully saturated rings. The number of rotatable bonds is 11. The number of fused-ring (bicyclic) bond motifs is 1. The second kappa shape index (κ2) is 13.4. The number of thioether (sulfide) groups is 1. The molecule has 2 atom stereocenters. The SMILES string of the molecule is C=CCOc1ccc([C@H]2/C(=C(\O)c3ccc4c(c3)C[C@H](C)O4)C(=O)C(=O)N2c2nnc(SCc3ccccc3F)s2)cc1OCC. The minimum Gasteiger partial charge on any atom is -0.507 e. The molecule has 2 aliphatic heterocycles. The van der Waals surface area contributed by atoms with Crippen molar-refractivity contribution < 1.29 is 33.3 Å². The summed E-state index contributed by atoms with van der Waals surface area (Å²) < 4.78 is 32.1. The summed E-state index contributed by atoms with van der Waals surface area (Å²) in [7, 11) is 0. The second-order valence-corrected chi connectivity index (χ2v) is 12.8. The Labute approximate surface area is 273 Å². The van der Waals surface area contributed by atoms with Crippen molar-refractivity contribution in [1.29, 1.82) is 0 Å². The van der Waals surface area contributed by atoms with Gasteiger partial charge in [-0.2, -0.15) is 0 Å². The van der Waals surface area contributed by atoms with Gasteiger partial charge in [0.15, 0.2) is 15.8 Å². The Morgan fingerprint density at radius 2 is 1.98 bits per heavy atom. The highest BCUT2D eigenvalue weighted by molar-refractivity contribution is 8.00. The van der Waals surface area contributed by atoms with Crippen LogP contribution in [0.15, 0.2) is 83.2 Å². The number of halogens is 1. The van der Waals surface area contributed by atoms with E-state index in [0.29, 0.717) is 57.1 Å². The Bertz CT molecular complexity index is 1860. The standard InChI is InChI=1S/C34H30FN3O6S2/c1-4-14-43-26-13-10-20(17-27(26)42-5-2)29-28(30(39)21-11-12-25-23(16-21)15-19(3)44-25)31(40)32(41)38(29)33-36-37-34(46-33)45-18-22-8-6-7-9-24(22)35/h4,6-13,16-17,19,29,39H,1,5,14-15,18H2,2-3H3/b30-28+/t19-,29-/m0/s1. The number of carbonyl (C=O) groups is 2. The molecule has 1 aromatic heterocycles. The number of ether oxygens (including phenoxy) is 3. The number of ketones is 1. The van der Waals surface area contributed by atoms with Crippen LogP contribution in [0.5, 0.6) is 17.2 Å². The molecule has 0 radical (unpaired) electrons. The molecule has 46 heavy (non-hydrogen) atoms. The van der Waals surface area contributed by atoms with Crippen LogP contribution in [-0.2, 0) is 21.8 Å². The Kier molecular flexibility index (Phi) is 9.09. The van der Waals surface area contributed by atoms with Gasteiger partial charge < -0.3 is 19.3 Å². The molecule has 3 heterocycles. The Morgan fingerprint density at radius 3 is 2.76 bits per heavy atom. The van der Waals surface area contributed by atoms with Crippen LogP contribution < -0.4 is 19.1 Å². The van der Waals surface area contributed by atoms with Gasteiger partial charge >= 0.3 is 5.91 Å². The third-order valence-electron chi connectivity index (χ3n) is 7.46. The van der Waals surface area contributed by atoms with E-state index in [2.05, 4.69) is 16.8 Å². The zero-order valence-corrected chi connectivity index (χ0v) is 26.7. The zero-order valence-electron chi connectivity index (χ0n) is 25.1. The summed E-state index contributed by atoms with van der Waals surface area (Å²) >= 11 is 2.36. The topological polar surface area (TPSA) is 111 Å². The molecule has 0 unspecified atom stereocenters. The number of hydrogen-bond donors (Lipinski definition) is 1. The number of amides is 1. The van der Waals surface area contributed by atoms with E-state index in [0.717, 1.165) is 16.9 Å². The lowest BCUT2D eigenvalue weighted by Gasteiger charge is -2.23. The maximum absolute atomic E-state index is 14.2. The molecule has 0 spiro atoms. The number of anilines is 1. The number of benzene rings is 3. The molecule has 1 saturated heterocycles. The molecule has 1 amide bonds. The molecule has 6 rings (SSSR count). The number of carbonyl (C=O) groups excluding carboxylic acids is 2. The van der Waals surface area contributed by atoms with Gasteiger partial charge in [-0.05, 0) is 66.9 Å². The van der Waals surface area contributed by atoms with E-state index < -0.39 is 17.7 Å². The second-order valence-electron chi connectivity index (χ2n) is 10.6. The highest BCUT2D eigenvalue weighted by Gasteiger charge is 2.48. The summed E-state index contributed by atoms with van der Waals surface area (Å²) in [6.45, 7) is 8.06. The Balaban J connectivity index is 1.43. The number of aliphatic hydroxyl groups excluding tert-OH is 1. The van der Waals surface area contributed by atoms with Gasteiger partial charge in [0.1, 0.15) is 30.0 Å². The Hall–Kier alpha value is -4.68. The molecule has 4 aromatic rings. The molecule has 0 aliphatic carbocycles. The van der Waals surface area contributed by atoms with Crippen LogP contribution in [0.1, 0.15) is 42.1 Å². The summed E-state index contributed by atoms with van der Waals surface area (Å²) in [5.74, 6) is -0.516. The maximum Gasteiger partial charge on any atom is 0.301 e. The molecule has 0 saturated carbocycles. The predicted octanol–water partition coefficient (Wildman–Crippen LogP) is 6.88. The fourth-order valence-electron chi connectivity index (χ4n) is 5.41. The minimum atomic E-state index is -1.06. The first-order valence-corrected chi connectivity index (χ1v) is 16.4. The van der Waals surface area contributed by atoms with E-state index in [1.165, 1.54) is 22.7 Å². The lowest BCUT2D eigenvalue weighted by molar-refractivity contribution is -0.132. The van der Waals surface area contributed by atoms with Crippen LogP contribution in [0, 0.1) is 5.82 Å². The van der Waals surface area contributed by atoms with Gasteiger partial charge in [0.25, 0.3) is 5.78 Å².